The highest BCUT2D eigenvalue weighted by atomic mass is 19.4. The van der Waals surface area contributed by atoms with E-state index in [4.69, 9.17) is 5.26 Å². The molecule has 0 aromatic heterocycles. The number of amides is 2. The Balaban J connectivity index is 2.53. The van der Waals surface area contributed by atoms with Gasteiger partial charge in [-0.1, -0.05) is 0 Å². The molecular weight excluding hydrogens is 275 g/mol. The first kappa shape index (κ1) is 15.6. The molecule has 0 radical (unpaired) electrons. The van der Waals surface area contributed by atoms with Crippen LogP contribution in [0.1, 0.15) is 13.3 Å². The van der Waals surface area contributed by atoms with Crippen LogP contribution in [0.2, 0.25) is 0 Å². The van der Waals surface area contributed by atoms with Crippen molar-refractivity contribution in [1.82, 2.24) is 5.32 Å². The fourth-order valence-electron chi connectivity index (χ4n) is 1.32. The van der Waals surface area contributed by atoms with Crippen molar-refractivity contribution in [1.29, 1.82) is 5.26 Å². The summed E-state index contributed by atoms with van der Waals surface area (Å²) in [6, 6.07) is 5.75. The van der Waals surface area contributed by atoms with E-state index in [-0.39, 0.29) is 18.2 Å². The Hall–Kier alpha value is -2.43. The summed E-state index contributed by atoms with van der Waals surface area (Å²) in [6.07, 6.45) is -4.59. The molecule has 1 rings (SSSR count). The average Bonchev–Trinajstić information content (AvgIpc) is 2.30. The fourth-order valence-corrected chi connectivity index (χ4v) is 1.32. The zero-order chi connectivity index (χ0) is 15.2. The largest absolute Gasteiger partial charge is 0.573 e. The Kier molecular flexibility index (Phi) is 5.20. The number of benzene rings is 1. The predicted octanol–water partition coefficient (Wildman–Crippen LogP) is 3.01. The smallest absolute Gasteiger partial charge is 0.406 e. The van der Waals surface area contributed by atoms with Crippen molar-refractivity contribution in [3.8, 4) is 11.8 Å². The van der Waals surface area contributed by atoms with Crippen LogP contribution in [-0.2, 0) is 0 Å². The Morgan fingerprint density at radius 1 is 1.40 bits per heavy atom. The molecule has 108 valence electrons. The number of carbonyl (C=O) groups excluding carboxylic acids is 1. The Bertz CT molecular complexity index is 494. The summed E-state index contributed by atoms with van der Waals surface area (Å²) in [6.45, 7) is 1.66. The van der Waals surface area contributed by atoms with E-state index >= 15 is 0 Å². The van der Waals surface area contributed by atoms with E-state index in [0.29, 0.717) is 5.69 Å². The second kappa shape index (κ2) is 6.65. The highest BCUT2D eigenvalue weighted by Crippen LogP contribution is 2.23. The lowest BCUT2D eigenvalue weighted by atomic mass is 10.2. The van der Waals surface area contributed by atoms with Crippen LogP contribution in [0, 0.1) is 11.3 Å². The number of ether oxygens (including phenoxy) is 1. The molecular formula is C12H12F3N3O2. The number of nitrogens with zero attached hydrogens (tertiary/aromatic N) is 1. The first-order valence-electron chi connectivity index (χ1n) is 5.60. The number of anilines is 1. The molecule has 1 atom stereocenters. The highest BCUT2D eigenvalue weighted by Gasteiger charge is 2.30. The molecule has 0 fully saturated rings. The molecule has 0 aliphatic rings. The lowest BCUT2D eigenvalue weighted by molar-refractivity contribution is -0.274. The van der Waals surface area contributed by atoms with Gasteiger partial charge in [0, 0.05) is 11.7 Å². The molecule has 8 heteroatoms. The summed E-state index contributed by atoms with van der Waals surface area (Å²) in [5.74, 6) is -0.374. The van der Waals surface area contributed by atoms with E-state index in [1.807, 2.05) is 6.07 Å². The third kappa shape index (κ3) is 5.95. The molecule has 2 amide bonds. The van der Waals surface area contributed by atoms with Crippen LogP contribution in [0.5, 0.6) is 5.75 Å². The fraction of sp³-hybridized carbons (Fsp3) is 0.333. The predicted molar refractivity (Wildman–Crippen MR) is 65.0 cm³/mol. The van der Waals surface area contributed by atoms with Crippen LogP contribution in [0.3, 0.4) is 0 Å². The maximum absolute atomic E-state index is 11.9. The lowest BCUT2D eigenvalue weighted by Crippen LogP contribution is -2.35. The van der Waals surface area contributed by atoms with Gasteiger partial charge < -0.3 is 15.4 Å². The number of rotatable bonds is 4. The van der Waals surface area contributed by atoms with Gasteiger partial charge in [-0.15, -0.1) is 13.2 Å². The van der Waals surface area contributed by atoms with Gasteiger partial charge in [0.25, 0.3) is 0 Å². The third-order valence-corrected chi connectivity index (χ3v) is 2.12. The number of urea groups is 1. The van der Waals surface area contributed by atoms with Gasteiger partial charge in [0.1, 0.15) is 5.75 Å². The van der Waals surface area contributed by atoms with Crippen molar-refractivity contribution >= 4 is 11.7 Å². The van der Waals surface area contributed by atoms with Crippen LogP contribution in [0.25, 0.3) is 0 Å². The summed E-state index contributed by atoms with van der Waals surface area (Å²) in [7, 11) is 0. The molecule has 20 heavy (non-hydrogen) atoms. The number of halogens is 3. The van der Waals surface area contributed by atoms with Crippen molar-refractivity contribution in [3.05, 3.63) is 24.3 Å². The molecule has 0 heterocycles. The lowest BCUT2D eigenvalue weighted by Gasteiger charge is -2.12. The van der Waals surface area contributed by atoms with Crippen LogP contribution >= 0.6 is 0 Å². The zero-order valence-electron chi connectivity index (χ0n) is 10.5. The monoisotopic (exact) mass is 287 g/mol. The molecule has 0 aliphatic carbocycles. The summed E-state index contributed by atoms with van der Waals surface area (Å²) in [5.41, 5.74) is 0.307. The minimum absolute atomic E-state index is 0.159. The summed E-state index contributed by atoms with van der Waals surface area (Å²) >= 11 is 0. The molecule has 1 aromatic rings. The summed E-state index contributed by atoms with van der Waals surface area (Å²) in [5, 5.41) is 13.4. The molecule has 1 unspecified atom stereocenters. The maximum Gasteiger partial charge on any atom is 0.573 e. The van der Waals surface area contributed by atoms with Crippen molar-refractivity contribution < 1.29 is 22.7 Å². The van der Waals surface area contributed by atoms with Gasteiger partial charge in [0.15, 0.2) is 0 Å². The molecule has 2 N–H and O–H groups in total. The third-order valence-electron chi connectivity index (χ3n) is 2.12. The second-order valence-corrected chi connectivity index (χ2v) is 3.93. The Morgan fingerprint density at radius 3 is 2.50 bits per heavy atom. The molecule has 1 aromatic carbocycles. The van der Waals surface area contributed by atoms with E-state index in [0.717, 1.165) is 12.1 Å². The molecule has 5 nitrogen and oxygen atoms in total. The Labute approximate surface area is 113 Å². The quantitative estimate of drug-likeness (QED) is 0.894. The zero-order valence-corrected chi connectivity index (χ0v) is 10.5. The van der Waals surface area contributed by atoms with Crippen molar-refractivity contribution in [2.45, 2.75) is 25.7 Å². The number of nitrogens with one attached hydrogen (secondary N) is 2. The van der Waals surface area contributed by atoms with E-state index in [9.17, 15) is 18.0 Å². The van der Waals surface area contributed by atoms with Gasteiger partial charge in [-0.2, -0.15) is 5.26 Å². The molecule has 0 spiro atoms. The molecule has 0 aliphatic heterocycles. The molecule has 0 saturated heterocycles. The van der Waals surface area contributed by atoms with Crippen molar-refractivity contribution in [2.24, 2.45) is 0 Å². The van der Waals surface area contributed by atoms with Gasteiger partial charge in [0.05, 0.1) is 12.5 Å². The van der Waals surface area contributed by atoms with Gasteiger partial charge >= 0.3 is 12.4 Å². The number of carbonyl (C=O) groups is 1. The van der Waals surface area contributed by atoms with Gasteiger partial charge in [0.2, 0.25) is 0 Å². The van der Waals surface area contributed by atoms with Crippen LogP contribution < -0.4 is 15.4 Å². The average molecular weight is 287 g/mol. The minimum Gasteiger partial charge on any atom is -0.406 e. The van der Waals surface area contributed by atoms with Crippen molar-refractivity contribution in [2.75, 3.05) is 5.32 Å². The van der Waals surface area contributed by atoms with Crippen LogP contribution in [0.15, 0.2) is 24.3 Å². The molecule has 0 bridgehead atoms. The minimum atomic E-state index is -4.75. The summed E-state index contributed by atoms with van der Waals surface area (Å²) < 4.78 is 39.5. The maximum atomic E-state index is 11.9. The summed E-state index contributed by atoms with van der Waals surface area (Å²) in [4.78, 5) is 11.5. The first-order valence-corrected chi connectivity index (χ1v) is 5.60. The highest BCUT2D eigenvalue weighted by molar-refractivity contribution is 5.89. The van der Waals surface area contributed by atoms with Crippen LogP contribution in [0.4, 0.5) is 23.7 Å². The normalized spacial score (nSPS) is 12.2. The SMILES string of the molecule is CC(CC#N)NC(=O)Nc1ccc(OC(F)(F)F)cc1. The van der Waals surface area contributed by atoms with Gasteiger partial charge in [-0.25, -0.2) is 4.79 Å². The number of hydrogen-bond acceptors (Lipinski definition) is 3. The van der Waals surface area contributed by atoms with Crippen molar-refractivity contribution in [3.63, 3.8) is 0 Å². The molecule has 0 saturated carbocycles. The topological polar surface area (TPSA) is 74.2 Å². The number of hydrogen-bond donors (Lipinski definition) is 2. The van der Waals surface area contributed by atoms with Gasteiger partial charge in [-0.05, 0) is 31.2 Å². The standard InChI is InChI=1S/C12H12F3N3O2/c1-8(6-7-16)17-11(19)18-9-2-4-10(5-3-9)20-12(13,14)15/h2-5,8H,6H2,1H3,(H2,17,18,19). The van der Waals surface area contributed by atoms with Crippen LogP contribution in [-0.4, -0.2) is 18.4 Å². The number of alkyl halides is 3. The van der Waals surface area contributed by atoms with E-state index in [2.05, 4.69) is 15.4 Å². The van der Waals surface area contributed by atoms with E-state index in [1.54, 1.807) is 6.92 Å². The van der Waals surface area contributed by atoms with Gasteiger partial charge in [-0.3, -0.25) is 0 Å². The first-order chi connectivity index (χ1) is 9.30. The second-order valence-electron chi connectivity index (χ2n) is 3.93. The van der Waals surface area contributed by atoms with E-state index in [1.165, 1.54) is 12.1 Å². The number of nitriles is 1. The van der Waals surface area contributed by atoms with E-state index < -0.39 is 12.4 Å². The Morgan fingerprint density at radius 2 is 2.00 bits per heavy atom.